The van der Waals surface area contributed by atoms with E-state index in [9.17, 15) is 17.2 Å². The van der Waals surface area contributed by atoms with E-state index in [-0.39, 0.29) is 17.5 Å². The van der Waals surface area contributed by atoms with Gasteiger partial charge in [-0.1, -0.05) is 0 Å². The van der Waals surface area contributed by atoms with E-state index in [0.29, 0.717) is 29.7 Å². The molecule has 1 aliphatic rings. The lowest BCUT2D eigenvalue weighted by atomic mass is 10.1. The highest BCUT2D eigenvalue weighted by molar-refractivity contribution is 7.89. The Morgan fingerprint density at radius 1 is 1.23 bits per heavy atom. The number of hydrogen-bond donors (Lipinski definition) is 1. The number of nitrogens with one attached hydrogen (secondary N) is 1. The maximum absolute atomic E-state index is 13.3. The average Bonchev–Trinajstić information content (AvgIpc) is 2.94. The summed E-state index contributed by atoms with van der Waals surface area (Å²) in [7, 11) is -4.01. The van der Waals surface area contributed by atoms with Crippen molar-refractivity contribution in [2.24, 2.45) is 0 Å². The Balaban J connectivity index is 1.84. The van der Waals surface area contributed by atoms with E-state index in [1.54, 1.807) is 6.07 Å². The minimum Gasteiger partial charge on any atom is -0.494 e. The highest BCUT2D eigenvalue weighted by Crippen LogP contribution is 2.35. The normalized spacial score (nSPS) is 16.2. The van der Waals surface area contributed by atoms with Gasteiger partial charge < -0.3 is 9.47 Å². The number of hydrogen-bond acceptors (Lipinski definition) is 4. The third-order valence-corrected chi connectivity index (χ3v) is 5.43. The Kier molecular flexibility index (Phi) is 5.15. The molecule has 0 aromatic heterocycles. The Morgan fingerprint density at radius 2 is 2.00 bits per heavy atom. The molecule has 3 rings (SSSR count). The van der Waals surface area contributed by atoms with Crippen molar-refractivity contribution in [1.82, 2.24) is 4.72 Å². The quantitative estimate of drug-likeness (QED) is 0.832. The highest BCUT2D eigenvalue weighted by atomic mass is 32.2. The van der Waals surface area contributed by atoms with Crippen molar-refractivity contribution in [2.75, 3.05) is 6.61 Å². The molecule has 26 heavy (non-hydrogen) atoms. The molecule has 0 saturated carbocycles. The van der Waals surface area contributed by atoms with Gasteiger partial charge in [-0.3, -0.25) is 0 Å². The fourth-order valence-corrected chi connectivity index (χ4v) is 3.83. The molecule has 2 aromatic rings. The molecule has 0 saturated heterocycles. The molecule has 0 unspecified atom stereocenters. The zero-order valence-electron chi connectivity index (χ0n) is 14.4. The van der Waals surface area contributed by atoms with Crippen molar-refractivity contribution in [2.45, 2.75) is 37.8 Å². The van der Waals surface area contributed by atoms with Gasteiger partial charge in [0.15, 0.2) is 11.6 Å². The monoisotopic (exact) mass is 383 g/mol. The van der Waals surface area contributed by atoms with Crippen LogP contribution in [0.25, 0.3) is 0 Å². The van der Waals surface area contributed by atoms with E-state index in [1.165, 1.54) is 0 Å². The smallest absolute Gasteiger partial charge is 0.240 e. The molecule has 1 heterocycles. The Hall–Kier alpha value is -2.19. The summed E-state index contributed by atoms with van der Waals surface area (Å²) in [5.41, 5.74) is 1.61. The maximum Gasteiger partial charge on any atom is 0.240 e. The van der Waals surface area contributed by atoms with Gasteiger partial charge in [-0.25, -0.2) is 21.9 Å². The third-order valence-electron chi connectivity index (χ3n) is 4.03. The van der Waals surface area contributed by atoms with Crippen molar-refractivity contribution in [3.63, 3.8) is 0 Å². The number of rotatable bonds is 6. The topological polar surface area (TPSA) is 64.6 Å². The average molecular weight is 383 g/mol. The number of fused-ring (bicyclic) bond motifs is 1. The predicted molar refractivity (Wildman–Crippen MR) is 91.8 cm³/mol. The van der Waals surface area contributed by atoms with Crippen LogP contribution in [-0.2, 0) is 23.0 Å². The van der Waals surface area contributed by atoms with E-state index in [1.807, 2.05) is 19.9 Å². The molecule has 0 radical (unpaired) electrons. The van der Waals surface area contributed by atoms with Crippen LogP contribution in [0.2, 0.25) is 0 Å². The molecule has 140 valence electrons. The van der Waals surface area contributed by atoms with Crippen molar-refractivity contribution in [3.8, 4) is 11.5 Å². The summed E-state index contributed by atoms with van der Waals surface area (Å²) in [6.07, 6.45) is 0.810. The minimum absolute atomic E-state index is 0.0496. The van der Waals surface area contributed by atoms with Crippen LogP contribution in [0.1, 0.15) is 25.0 Å². The van der Waals surface area contributed by atoms with E-state index < -0.39 is 21.7 Å². The van der Waals surface area contributed by atoms with Gasteiger partial charge in [0.2, 0.25) is 10.0 Å². The number of sulfonamides is 1. The Bertz CT molecular complexity index is 931. The van der Waals surface area contributed by atoms with E-state index in [0.717, 1.165) is 24.1 Å². The predicted octanol–water partition coefficient (Wildman–Crippen LogP) is 3.17. The van der Waals surface area contributed by atoms with Gasteiger partial charge in [-0.05, 0) is 44.2 Å². The van der Waals surface area contributed by atoms with Gasteiger partial charge in [0, 0.05) is 24.1 Å². The summed E-state index contributed by atoms with van der Waals surface area (Å²) in [4.78, 5) is -0.347. The molecular weight excluding hydrogens is 364 g/mol. The van der Waals surface area contributed by atoms with Gasteiger partial charge in [-0.2, -0.15) is 0 Å². The second-order valence-corrected chi connectivity index (χ2v) is 7.80. The molecule has 5 nitrogen and oxygen atoms in total. The summed E-state index contributed by atoms with van der Waals surface area (Å²) in [5, 5.41) is 0. The van der Waals surface area contributed by atoms with E-state index in [4.69, 9.17) is 9.47 Å². The van der Waals surface area contributed by atoms with Crippen LogP contribution in [-0.4, -0.2) is 21.1 Å². The van der Waals surface area contributed by atoms with Crippen LogP contribution < -0.4 is 14.2 Å². The molecule has 0 amide bonds. The first-order valence-electron chi connectivity index (χ1n) is 8.20. The van der Waals surface area contributed by atoms with Gasteiger partial charge in [0.05, 0.1) is 11.5 Å². The number of halogens is 2. The van der Waals surface area contributed by atoms with E-state index in [2.05, 4.69) is 4.72 Å². The van der Waals surface area contributed by atoms with Crippen LogP contribution in [0.15, 0.2) is 35.2 Å². The lowest BCUT2D eigenvalue weighted by Crippen LogP contribution is -2.24. The van der Waals surface area contributed by atoms with Crippen molar-refractivity contribution >= 4 is 10.0 Å². The first kappa shape index (κ1) is 18.6. The largest absolute Gasteiger partial charge is 0.494 e. The molecule has 1 atom stereocenters. The third kappa shape index (κ3) is 3.81. The molecule has 0 fully saturated rings. The SMILES string of the molecule is CCOc1cc2c(cc1CNS(=O)(=O)c1ccc(F)c(F)c1)O[C@H](C)C2. The van der Waals surface area contributed by atoms with Crippen LogP contribution >= 0.6 is 0 Å². The van der Waals surface area contributed by atoms with Crippen molar-refractivity contribution in [3.05, 3.63) is 53.1 Å². The zero-order chi connectivity index (χ0) is 18.9. The molecule has 0 spiro atoms. The van der Waals surface area contributed by atoms with Gasteiger partial charge >= 0.3 is 0 Å². The molecular formula is C18H19F2NO4S. The lowest BCUT2D eigenvalue weighted by Gasteiger charge is -2.13. The summed E-state index contributed by atoms with van der Waals surface area (Å²) in [5.74, 6) is -1.06. The van der Waals surface area contributed by atoms with Crippen LogP contribution in [0.4, 0.5) is 8.78 Å². The Morgan fingerprint density at radius 3 is 2.69 bits per heavy atom. The highest BCUT2D eigenvalue weighted by Gasteiger charge is 2.23. The van der Waals surface area contributed by atoms with Gasteiger partial charge in [-0.15, -0.1) is 0 Å². The summed E-state index contributed by atoms with van der Waals surface area (Å²) in [6, 6.07) is 6.04. The number of benzene rings is 2. The maximum atomic E-state index is 13.3. The first-order valence-corrected chi connectivity index (χ1v) is 9.68. The molecule has 1 N–H and O–H groups in total. The zero-order valence-corrected chi connectivity index (χ0v) is 15.2. The van der Waals surface area contributed by atoms with Gasteiger partial charge in [0.25, 0.3) is 0 Å². The van der Waals surface area contributed by atoms with Crippen LogP contribution in [0.5, 0.6) is 11.5 Å². The summed E-state index contributed by atoms with van der Waals surface area (Å²) < 4.78 is 64.7. The summed E-state index contributed by atoms with van der Waals surface area (Å²) >= 11 is 0. The first-order chi connectivity index (χ1) is 12.3. The molecule has 2 aromatic carbocycles. The summed E-state index contributed by atoms with van der Waals surface area (Å²) in [6.45, 7) is 4.15. The van der Waals surface area contributed by atoms with Gasteiger partial charge in [0.1, 0.15) is 17.6 Å². The van der Waals surface area contributed by atoms with E-state index >= 15 is 0 Å². The minimum atomic E-state index is -4.01. The lowest BCUT2D eigenvalue weighted by molar-refractivity contribution is 0.254. The second kappa shape index (κ2) is 7.20. The fourth-order valence-electron chi connectivity index (χ4n) is 2.81. The molecule has 0 aliphatic carbocycles. The Labute approximate surface area is 151 Å². The van der Waals surface area contributed by atoms with Crippen LogP contribution in [0.3, 0.4) is 0 Å². The second-order valence-electron chi connectivity index (χ2n) is 6.03. The van der Waals surface area contributed by atoms with Crippen molar-refractivity contribution < 1.29 is 26.7 Å². The molecule has 0 bridgehead atoms. The standard InChI is InChI=1S/C18H19F2NO4S/c1-3-24-17-7-12-6-11(2)25-18(12)8-13(17)10-21-26(22,23)14-4-5-15(19)16(20)9-14/h4-5,7-9,11,21H,3,6,10H2,1-2H3/t11-/m1/s1. The van der Waals surface area contributed by atoms with Crippen LogP contribution in [0, 0.1) is 11.6 Å². The number of ether oxygens (including phenoxy) is 2. The molecule has 1 aliphatic heterocycles. The fraction of sp³-hybridized carbons (Fsp3) is 0.333. The molecule has 8 heteroatoms. The van der Waals surface area contributed by atoms with Crippen molar-refractivity contribution in [1.29, 1.82) is 0 Å².